The molecule has 2 aromatic rings. The summed E-state index contributed by atoms with van der Waals surface area (Å²) in [4.78, 5) is 38.9. The second kappa shape index (κ2) is 8.46. The van der Waals surface area contributed by atoms with Crippen LogP contribution in [0.25, 0.3) is 11.3 Å². The predicted octanol–water partition coefficient (Wildman–Crippen LogP) is 1.88. The standard InChI is InChI=1S/C21H25N5O3/c1-2-29-21(28)25-10-8-24(9-11-25)20(27)17-13-26(14-17)19-12-18(22-15-23-19)16-6-4-3-5-7-16/h3-7,12,15,17H,2,8-11,13-14H2,1H3. The summed E-state index contributed by atoms with van der Waals surface area (Å²) in [6, 6.07) is 11.9. The maximum absolute atomic E-state index is 12.8. The van der Waals surface area contributed by atoms with Gasteiger partial charge in [-0.25, -0.2) is 14.8 Å². The number of anilines is 1. The molecule has 3 heterocycles. The zero-order valence-electron chi connectivity index (χ0n) is 16.5. The molecule has 2 aliphatic heterocycles. The van der Waals surface area contributed by atoms with E-state index in [0.717, 1.165) is 17.1 Å². The highest BCUT2D eigenvalue weighted by Gasteiger charge is 2.37. The third kappa shape index (κ3) is 4.16. The monoisotopic (exact) mass is 395 g/mol. The minimum atomic E-state index is -0.299. The Bertz CT molecular complexity index is 862. The molecular formula is C21H25N5O3. The summed E-state index contributed by atoms with van der Waals surface area (Å²) < 4.78 is 5.03. The number of piperazine rings is 1. The first kappa shape index (κ1) is 19.2. The normalized spacial score (nSPS) is 17.1. The van der Waals surface area contributed by atoms with E-state index < -0.39 is 0 Å². The van der Waals surface area contributed by atoms with Crippen molar-refractivity contribution in [3.63, 3.8) is 0 Å². The number of aromatic nitrogens is 2. The summed E-state index contributed by atoms with van der Waals surface area (Å²) >= 11 is 0. The minimum absolute atomic E-state index is 0.0284. The van der Waals surface area contributed by atoms with Crippen molar-refractivity contribution in [3.05, 3.63) is 42.7 Å². The van der Waals surface area contributed by atoms with Crippen LogP contribution in [0, 0.1) is 5.92 Å². The van der Waals surface area contributed by atoms with Crippen LogP contribution in [0.1, 0.15) is 6.92 Å². The number of carbonyl (C=O) groups is 2. The Morgan fingerprint density at radius 3 is 2.41 bits per heavy atom. The number of hydrogen-bond donors (Lipinski definition) is 0. The molecule has 4 rings (SSSR count). The Morgan fingerprint density at radius 2 is 1.72 bits per heavy atom. The SMILES string of the molecule is CCOC(=O)N1CCN(C(=O)C2CN(c3cc(-c4ccccc4)ncn3)C2)CC1. The van der Waals surface area contributed by atoms with Gasteiger partial charge in [-0.05, 0) is 6.92 Å². The molecule has 0 N–H and O–H groups in total. The van der Waals surface area contributed by atoms with Crippen LogP contribution in [0.2, 0.25) is 0 Å². The first-order valence-electron chi connectivity index (χ1n) is 9.98. The summed E-state index contributed by atoms with van der Waals surface area (Å²) in [5.74, 6) is 0.969. The zero-order chi connectivity index (χ0) is 20.2. The van der Waals surface area contributed by atoms with Gasteiger partial charge in [-0.15, -0.1) is 0 Å². The summed E-state index contributed by atoms with van der Waals surface area (Å²) in [5, 5.41) is 0. The molecule has 1 aromatic carbocycles. The van der Waals surface area contributed by atoms with E-state index in [0.29, 0.717) is 45.9 Å². The van der Waals surface area contributed by atoms with E-state index in [4.69, 9.17) is 4.74 Å². The van der Waals surface area contributed by atoms with Gasteiger partial charge in [0.15, 0.2) is 0 Å². The molecule has 0 bridgehead atoms. The minimum Gasteiger partial charge on any atom is -0.450 e. The van der Waals surface area contributed by atoms with Gasteiger partial charge in [-0.3, -0.25) is 4.79 Å². The van der Waals surface area contributed by atoms with Crippen molar-refractivity contribution in [2.75, 3.05) is 50.8 Å². The van der Waals surface area contributed by atoms with E-state index in [-0.39, 0.29) is 17.9 Å². The third-order valence-corrected chi connectivity index (χ3v) is 5.39. The molecule has 0 atom stereocenters. The number of ether oxygens (including phenoxy) is 1. The lowest BCUT2D eigenvalue weighted by Gasteiger charge is -2.43. The van der Waals surface area contributed by atoms with Gasteiger partial charge in [0.05, 0.1) is 18.2 Å². The number of benzene rings is 1. The summed E-state index contributed by atoms with van der Waals surface area (Å²) in [6.45, 7) is 5.62. The first-order chi connectivity index (χ1) is 14.2. The Kier molecular flexibility index (Phi) is 5.59. The summed E-state index contributed by atoms with van der Waals surface area (Å²) in [7, 11) is 0. The maximum atomic E-state index is 12.8. The quantitative estimate of drug-likeness (QED) is 0.787. The largest absolute Gasteiger partial charge is 0.450 e. The lowest BCUT2D eigenvalue weighted by atomic mass is 9.97. The highest BCUT2D eigenvalue weighted by Crippen LogP contribution is 2.27. The number of carbonyl (C=O) groups excluding carboxylic acids is 2. The molecule has 1 aromatic heterocycles. The molecule has 2 aliphatic rings. The molecule has 152 valence electrons. The number of amides is 2. The third-order valence-electron chi connectivity index (χ3n) is 5.39. The number of rotatable bonds is 4. The highest BCUT2D eigenvalue weighted by molar-refractivity contribution is 5.82. The van der Waals surface area contributed by atoms with E-state index >= 15 is 0 Å². The van der Waals surface area contributed by atoms with Gasteiger partial charge in [0, 0.05) is 50.9 Å². The second-order valence-electron chi connectivity index (χ2n) is 7.24. The van der Waals surface area contributed by atoms with Gasteiger partial charge < -0.3 is 19.4 Å². The molecule has 0 saturated carbocycles. The Hall–Kier alpha value is -3.16. The van der Waals surface area contributed by atoms with E-state index in [1.807, 2.05) is 41.3 Å². The highest BCUT2D eigenvalue weighted by atomic mass is 16.6. The summed E-state index contributed by atoms with van der Waals surface area (Å²) in [6.07, 6.45) is 1.27. The van der Waals surface area contributed by atoms with E-state index in [1.165, 1.54) is 0 Å². The van der Waals surface area contributed by atoms with Crippen LogP contribution in [0.15, 0.2) is 42.7 Å². The molecule has 8 heteroatoms. The van der Waals surface area contributed by atoms with Crippen LogP contribution in [0.5, 0.6) is 0 Å². The van der Waals surface area contributed by atoms with Crippen LogP contribution in [0.4, 0.5) is 10.6 Å². The molecule has 0 unspecified atom stereocenters. The van der Waals surface area contributed by atoms with E-state index in [9.17, 15) is 9.59 Å². The molecule has 29 heavy (non-hydrogen) atoms. The Morgan fingerprint density at radius 1 is 1.03 bits per heavy atom. The van der Waals surface area contributed by atoms with Crippen molar-refractivity contribution < 1.29 is 14.3 Å². The van der Waals surface area contributed by atoms with Gasteiger partial charge in [-0.2, -0.15) is 0 Å². The van der Waals surface area contributed by atoms with Crippen LogP contribution in [-0.2, 0) is 9.53 Å². The lowest BCUT2D eigenvalue weighted by Crippen LogP contribution is -2.58. The molecule has 0 aliphatic carbocycles. The van der Waals surface area contributed by atoms with Gasteiger partial charge in [-0.1, -0.05) is 30.3 Å². The Balaban J connectivity index is 1.30. The molecule has 2 fully saturated rings. The van der Waals surface area contributed by atoms with Gasteiger partial charge in [0.1, 0.15) is 12.1 Å². The van der Waals surface area contributed by atoms with Crippen LogP contribution < -0.4 is 4.90 Å². The van der Waals surface area contributed by atoms with Crippen molar-refractivity contribution in [1.29, 1.82) is 0 Å². The van der Waals surface area contributed by atoms with Crippen LogP contribution >= 0.6 is 0 Å². The lowest BCUT2D eigenvalue weighted by molar-refractivity contribution is -0.138. The predicted molar refractivity (Wildman–Crippen MR) is 108 cm³/mol. The smallest absolute Gasteiger partial charge is 0.409 e. The number of nitrogens with zero attached hydrogens (tertiary/aromatic N) is 5. The fourth-order valence-corrected chi connectivity index (χ4v) is 3.69. The fraction of sp³-hybridized carbons (Fsp3) is 0.429. The molecule has 2 saturated heterocycles. The van der Waals surface area contributed by atoms with E-state index in [2.05, 4.69) is 14.9 Å². The van der Waals surface area contributed by atoms with Crippen molar-refractivity contribution >= 4 is 17.8 Å². The van der Waals surface area contributed by atoms with Crippen LogP contribution in [0.3, 0.4) is 0 Å². The van der Waals surface area contributed by atoms with Crippen LogP contribution in [-0.4, -0.2) is 77.6 Å². The maximum Gasteiger partial charge on any atom is 0.409 e. The average molecular weight is 395 g/mol. The molecule has 0 spiro atoms. The molecule has 8 nitrogen and oxygen atoms in total. The molecule has 2 amide bonds. The van der Waals surface area contributed by atoms with Crippen molar-refractivity contribution in [3.8, 4) is 11.3 Å². The topological polar surface area (TPSA) is 78.9 Å². The average Bonchev–Trinajstić information content (AvgIpc) is 2.74. The number of hydrogen-bond acceptors (Lipinski definition) is 6. The fourth-order valence-electron chi connectivity index (χ4n) is 3.69. The Labute approximate surface area is 170 Å². The first-order valence-corrected chi connectivity index (χ1v) is 9.98. The van der Waals surface area contributed by atoms with E-state index in [1.54, 1.807) is 18.2 Å². The van der Waals surface area contributed by atoms with Gasteiger partial charge in [0.25, 0.3) is 0 Å². The second-order valence-corrected chi connectivity index (χ2v) is 7.24. The van der Waals surface area contributed by atoms with Gasteiger partial charge >= 0.3 is 6.09 Å². The van der Waals surface area contributed by atoms with Crippen molar-refractivity contribution in [1.82, 2.24) is 19.8 Å². The van der Waals surface area contributed by atoms with Crippen molar-refractivity contribution in [2.24, 2.45) is 5.92 Å². The molecular weight excluding hydrogens is 370 g/mol. The van der Waals surface area contributed by atoms with Crippen molar-refractivity contribution in [2.45, 2.75) is 6.92 Å². The molecule has 0 radical (unpaired) electrons. The van der Waals surface area contributed by atoms with Gasteiger partial charge in [0.2, 0.25) is 5.91 Å². The summed E-state index contributed by atoms with van der Waals surface area (Å²) in [5.41, 5.74) is 1.92. The zero-order valence-corrected chi connectivity index (χ0v) is 16.5.